The summed E-state index contributed by atoms with van der Waals surface area (Å²) in [5.74, 6) is -1.01. The third-order valence-corrected chi connectivity index (χ3v) is 4.92. The first-order valence-corrected chi connectivity index (χ1v) is 8.25. The Morgan fingerprint density at radius 2 is 2.16 bits per heavy atom. The molecule has 2 aromatic heterocycles. The largest absolute Gasteiger partial charge is 0.360 e. The van der Waals surface area contributed by atoms with Crippen molar-refractivity contribution >= 4 is 11.6 Å². The maximum absolute atomic E-state index is 13.5. The van der Waals surface area contributed by atoms with Crippen LogP contribution in [0.15, 0.2) is 22.7 Å². The molecule has 3 aromatic rings. The smallest absolute Gasteiger partial charge is 0.159 e. The normalized spacial score (nSPS) is 14.7. The highest BCUT2D eigenvalue weighted by Gasteiger charge is 2.26. The molecule has 0 saturated heterocycles. The van der Waals surface area contributed by atoms with Crippen molar-refractivity contribution in [2.45, 2.75) is 26.4 Å². The first-order chi connectivity index (χ1) is 12.0. The van der Waals surface area contributed by atoms with Gasteiger partial charge in [-0.3, -0.25) is 10.00 Å². The Labute approximate surface area is 147 Å². The van der Waals surface area contributed by atoms with Gasteiger partial charge in [0, 0.05) is 37.2 Å². The number of hydrogen-bond donors (Lipinski definition) is 1. The first-order valence-electron chi connectivity index (χ1n) is 7.87. The number of rotatable bonds is 3. The van der Waals surface area contributed by atoms with Gasteiger partial charge in [-0.2, -0.15) is 5.10 Å². The van der Waals surface area contributed by atoms with Gasteiger partial charge in [-0.05, 0) is 25.1 Å². The number of aryl methyl sites for hydroxylation is 1. The van der Waals surface area contributed by atoms with E-state index in [2.05, 4.69) is 20.3 Å². The van der Waals surface area contributed by atoms with Gasteiger partial charge in [-0.15, -0.1) is 0 Å². The van der Waals surface area contributed by atoms with Crippen LogP contribution >= 0.6 is 11.6 Å². The molecule has 1 aromatic carbocycles. The fourth-order valence-corrected chi connectivity index (χ4v) is 3.20. The van der Waals surface area contributed by atoms with E-state index in [4.69, 9.17) is 16.1 Å². The molecule has 8 heteroatoms. The van der Waals surface area contributed by atoms with E-state index in [1.165, 1.54) is 6.07 Å². The number of nitrogens with one attached hydrogen (secondary N) is 1. The molecule has 25 heavy (non-hydrogen) atoms. The van der Waals surface area contributed by atoms with E-state index >= 15 is 0 Å². The summed E-state index contributed by atoms with van der Waals surface area (Å²) in [6.07, 6.45) is 0.688. The Bertz CT molecular complexity index is 937. The van der Waals surface area contributed by atoms with Crippen LogP contribution in [0.2, 0.25) is 5.02 Å². The second-order valence-electron chi connectivity index (χ2n) is 6.13. The van der Waals surface area contributed by atoms with Crippen molar-refractivity contribution in [1.82, 2.24) is 20.3 Å². The summed E-state index contributed by atoms with van der Waals surface area (Å²) in [6, 6.07) is 3.74. The van der Waals surface area contributed by atoms with Crippen LogP contribution in [0.1, 0.15) is 22.7 Å². The van der Waals surface area contributed by atoms with Crippen LogP contribution in [0.3, 0.4) is 0 Å². The van der Waals surface area contributed by atoms with E-state index in [9.17, 15) is 8.78 Å². The van der Waals surface area contributed by atoms with Crippen molar-refractivity contribution in [1.29, 1.82) is 0 Å². The minimum Gasteiger partial charge on any atom is -0.360 e. The monoisotopic (exact) mass is 364 g/mol. The number of H-pyrrole nitrogens is 1. The van der Waals surface area contributed by atoms with Gasteiger partial charge in [-0.1, -0.05) is 16.8 Å². The quantitative estimate of drug-likeness (QED) is 0.766. The Hall–Kier alpha value is -2.25. The highest BCUT2D eigenvalue weighted by atomic mass is 35.5. The molecule has 0 fully saturated rings. The summed E-state index contributed by atoms with van der Waals surface area (Å²) in [5, 5.41) is 11.8. The van der Waals surface area contributed by atoms with Crippen LogP contribution in [0, 0.1) is 18.6 Å². The predicted octanol–water partition coefficient (Wildman–Crippen LogP) is 3.86. The van der Waals surface area contributed by atoms with Gasteiger partial charge in [0.25, 0.3) is 0 Å². The number of halogens is 3. The summed E-state index contributed by atoms with van der Waals surface area (Å²) in [6.45, 7) is 3.82. The topological polar surface area (TPSA) is 58.0 Å². The van der Waals surface area contributed by atoms with Gasteiger partial charge in [0.05, 0.1) is 16.4 Å². The Balaban J connectivity index is 1.61. The van der Waals surface area contributed by atoms with E-state index in [1.54, 1.807) is 0 Å². The summed E-state index contributed by atoms with van der Waals surface area (Å²) < 4.78 is 32.1. The van der Waals surface area contributed by atoms with E-state index in [1.807, 2.05) is 6.92 Å². The van der Waals surface area contributed by atoms with Gasteiger partial charge >= 0.3 is 0 Å². The lowest BCUT2D eigenvalue weighted by atomic mass is 10.0. The molecule has 1 aliphatic heterocycles. The zero-order chi connectivity index (χ0) is 17.6. The SMILES string of the molecule is Cc1[nH]nc(CN2CCc3onc(-c4ccc(F)c(F)c4)c3C2)c1Cl. The molecule has 0 amide bonds. The van der Waals surface area contributed by atoms with Gasteiger partial charge in [-0.25, -0.2) is 8.78 Å². The van der Waals surface area contributed by atoms with Crippen molar-refractivity contribution < 1.29 is 13.3 Å². The number of aromatic amines is 1. The zero-order valence-electron chi connectivity index (χ0n) is 13.4. The third-order valence-electron chi connectivity index (χ3n) is 4.41. The molecule has 0 aliphatic carbocycles. The maximum Gasteiger partial charge on any atom is 0.159 e. The number of nitrogens with zero attached hydrogens (tertiary/aromatic N) is 3. The first kappa shape index (κ1) is 16.2. The molecule has 0 atom stereocenters. The molecule has 1 aliphatic rings. The van der Waals surface area contributed by atoms with Gasteiger partial charge in [0.1, 0.15) is 11.5 Å². The van der Waals surface area contributed by atoms with Crippen molar-refractivity contribution in [3.63, 3.8) is 0 Å². The van der Waals surface area contributed by atoms with Crippen LogP contribution in [-0.2, 0) is 19.5 Å². The van der Waals surface area contributed by atoms with Gasteiger partial charge in [0.15, 0.2) is 11.6 Å². The van der Waals surface area contributed by atoms with E-state index in [-0.39, 0.29) is 0 Å². The molecule has 0 unspecified atom stereocenters. The number of benzene rings is 1. The molecular weight excluding hydrogens is 350 g/mol. The lowest BCUT2D eigenvalue weighted by Gasteiger charge is -2.25. The summed E-state index contributed by atoms with van der Waals surface area (Å²) in [5.41, 5.74) is 3.55. The Kier molecular flexibility index (Phi) is 4.05. The summed E-state index contributed by atoms with van der Waals surface area (Å²) >= 11 is 6.24. The molecule has 4 rings (SSSR count). The van der Waals surface area contributed by atoms with Crippen molar-refractivity contribution in [2.24, 2.45) is 0 Å². The van der Waals surface area contributed by atoms with Gasteiger partial charge in [0.2, 0.25) is 0 Å². The van der Waals surface area contributed by atoms with E-state index in [0.29, 0.717) is 35.8 Å². The van der Waals surface area contributed by atoms with Crippen LogP contribution in [0.25, 0.3) is 11.3 Å². The molecule has 5 nitrogen and oxygen atoms in total. The standard InChI is InChI=1S/C17H15ClF2N4O/c1-9-16(18)14(22-21-9)8-24-5-4-15-11(7-24)17(23-25-15)10-2-3-12(19)13(20)6-10/h2-3,6H,4-5,7-8H2,1H3,(H,21,22). The van der Waals surface area contributed by atoms with Gasteiger partial charge < -0.3 is 4.52 Å². The fraction of sp³-hybridized carbons (Fsp3) is 0.294. The number of hydrogen-bond acceptors (Lipinski definition) is 4. The molecule has 3 heterocycles. The van der Waals surface area contributed by atoms with Crippen LogP contribution < -0.4 is 0 Å². The number of fused-ring (bicyclic) bond motifs is 1. The lowest BCUT2D eigenvalue weighted by molar-refractivity contribution is 0.226. The van der Waals surface area contributed by atoms with Crippen LogP contribution in [-0.4, -0.2) is 26.8 Å². The van der Waals surface area contributed by atoms with Crippen LogP contribution in [0.4, 0.5) is 8.78 Å². The third kappa shape index (κ3) is 2.94. The highest BCUT2D eigenvalue weighted by molar-refractivity contribution is 6.31. The zero-order valence-corrected chi connectivity index (χ0v) is 14.2. The predicted molar refractivity (Wildman–Crippen MR) is 88.0 cm³/mol. The highest BCUT2D eigenvalue weighted by Crippen LogP contribution is 2.31. The molecule has 130 valence electrons. The summed E-state index contributed by atoms with van der Waals surface area (Å²) in [4.78, 5) is 2.17. The van der Waals surface area contributed by atoms with Crippen molar-refractivity contribution in [2.75, 3.05) is 6.54 Å². The lowest BCUT2D eigenvalue weighted by Crippen LogP contribution is -2.29. The second-order valence-corrected chi connectivity index (χ2v) is 6.51. The van der Waals surface area contributed by atoms with Crippen molar-refractivity contribution in [3.05, 3.63) is 57.6 Å². The van der Waals surface area contributed by atoms with E-state index in [0.717, 1.165) is 41.4 Å². The average Bonchev–Trinajstić information content (AvgIpc) is 3.16. The summed E-state index contributed by atoms with van der Waals surface area (Å²) in [7, 11) is 0. The van der Waals surface area contributed by atoms with E-state index < -0.39 is 11.6 Å². The molecule has 0 radical (unpaired) electrons. The molecule has 0 bridgehead atoms. The Morgan fingerprint density at radius 3 is 2.88 bits per heavy atom. The molecule has 0 saturated carbocycles. The minimum atomic E-state index is -0.902. The second kappa shape index (κ2) is 6.24. The minimum absolute atomic E-state index is 0.499. The maximum atomic E-state index is 13.5. The number of aromatic nitrogens is 3. The average molecular weight is 365 g/mol. The fourth-order valence-electron chi connectivity index (χ4n) is 3.05. The molecular formula is C17H15ClF2N4O. The molecule has 1 N–H and O–H groups in total. The molecule has 0 spiro atoms. The van der Waals surface area contributed by atoms with Crippen molar-refractivity contribution in [3.8, 4) is 11.3 Å². The van der Waals surface area contributed by atoms with Crippen LogP contribution in [0.5, 0.6) is 0 Å². The Morgan fingerprint density at radius 1 is 1.32 bits per heavy atom.